The van der Waals surface area contributed by atoms with Gasteiger partial charge < -0.3 is 0 Å². The molecule has 2 aromatic heterocycles. The van der Waals surface area contributed by atoms with Gasteiger partial charge in [0, 0.05) is 12.5 Å². The Bertz CT molecular complexity index is 1190. The van der Waals surface area contributed by atoms with Crippen molar-refractivity contribution < 1.29 is 8.78 Å². The van der Waals surface area contributed by atoms with Gasteiger partial charge in [0.15, 0.2) is 11.5 Å². The number of halogens is 2. The third-order valence-corrected chi connectivity index (χ3v) is 4.21. The number of benzene rings is 2. The molecule has 7 heteroatoms. The molecule has 0 bridgehead atoms. The van der Waals surface area contributed by atoms with Gasteiger partial charge in [0.2, 0.25) is 0 Å². The number of hydrogen-bond donors (Lipinski definition) is 0. The highest BCUT2D eigenvalue weighted by atomic mass is 19.1. The van der Waals surface area contributed by atoms with E-state index >= 15 is 0 Å². The van der Waals surface area contributed by atoms with Crippen LogP contribution in [0, 0.1) is 29.9 Å². The molecule has 2 aromatic carbocycles. The SMILES string of the molecule is Cc1nc(Cc2ccc(C#N)cc2)c2cnn(-c3ccc(F)cc3F)c2n1. The summed E-state index contributed by atoms with van der Waals surface area (Å²) in [4.78, 5) is 8.89. The average molecular weight is 361 g/mol. The summed E-state index contributed by atoms with van der Waals surface area (Å²) in [5.41, 5.74) is 2.89. The van der Waals surface area contributed by atoms with Crippen molar-refractivity contribution in [3.05, 3.63) is 82.9 Å². The van der Waals surface area contributed by atoms with Crippen molar-refractivity contribution >= 4 is 11.0 Å². The van der Waals surface area contributed by atoms with Gasteiger partial charge >= 0.3 is 0 Å². The Kier molecular flexibility index (Phi) is 4.09. The lowest BCUT2D eigenvalue weighted by Crippen LogP contribution is -2.04. The molecular weight excluding hydrogens is 348 g/mol. The molecule has 4 rings (SSSR count). The zero-order valence-corrected chi connectivity index (χ0v) is 14.3. The van der Waals surface area contributed by atoms with Crippen molar-refractivity contribution in [3.8, 4) is 11.8 Å². The Morgan fingerprint density at radius 3 is 2.56 bits per heavy atom. The first-order chi connectivity index (χ1) is 13.0. The van der Waals surface area contributed by atoms with Gasteiger partial charge in [-0.25, -0.2) is 23.4 Å². The summed E-state index contributed by atoms with van der Waals surface area (Å²) >= 11 is 0. The lowest BCUT2D eigenvalue weighted by atomic mass is 10.1. The van der Waals surface area contributed by atoms with E-state index in [4.69, 9.17) is 5.26 Å². The molecule has 2 heterocycles. The van der Waals surface area contributed by atoms with E-state index in [0.717, 1.165) is 17.3 Å². The minimum Gasteiger partial charge on any atom is -0.237 e. The molecule has 0 amide bonds. The van der Waals surface area contributed by atoms with Crippen LogP contribution >= 0.6 is 0 Å². The van der Waals surface area contributed by atoms with Crippen LogP contribution in [0.2, 0.25) is 0 Å². The van der Waals surface area contributed by atoms with Crippen molar-refractivity contribution in [2.45, 2.75) is 13.3 Å². The van der Waals surface area contributed by atoms with E-state index in [2.05, 4.69) is 21.1 Å². The highest BCUT2D eigenvalue weighted by Crippen LogP contribution is 2.23. The Labute approximate surface area is 153 Å². The maximum atomic E-state index is 14.2. The second-order valence-electron chi connectivity index (χ2n) is 6.09. The summed E-state index contributed by atoms with van der Waals surface area (Å²) < 4.78 is 28.8. The van der Waals surface area contributed by atoms with Gasteiger partial charge in [-0.05, 0) is 36.8 Å². The fraction of sp³-hybridized carbons (Fsp3) is 0.100. The van der Waals surface area contributed by atoms with Crippen LogP contribution in [0.1, 0.15) is 22.6 Å². The zero-order valence-electron chi connectivity index (χ0n) is 14.3. The van der Waals surface area contributed by atoms with E-state index in [0.29, 0.717) is 28.8 Å². The van der Waals surface area contributed by atoms with E-state index in [1.165, 1.54) is 16.8 Å². The molecule has 0 atom stereocenters. The maximum Gasteiger partial charge on any atom is 0.166 e. The van der Waals surface area contributed by atoms with Gasteiger partial charge in [-0.1, -0.05) is 12.1 Å². The molecular formula is C20H13F2N5. The number of rotatable bonds is 3. The van der Waals surface area contributed by atoms with E-state index in [1.54, 1.807) is 25.3 Å². The van der Waals surface area contributed by atoms with Crippen LogP contribution in [0.4, 0.5) is 8.78 Å². The Morgan fingerprint density at radius 2 is 1.85 bits per heavy atom. The molecule has 0 aliphatic heterocycles. The topological polar surface area (TPSA) is 67.4 Å². The first kappa shape index (κ1) is 16.8. The number of aryl methyl sites for hydroxylation is 1. The summed E-state index contributed by atoms with van der Waals surface area (Å²) in [6.45, 7) is 1.75. The lowest BCUT2D eigenvalue weighted by molar-refractivity contribution is 0.574. The summed E-state index contributed by atoms with van der Waals surface area (Å²) in [7, 11) is 0. The maximum absolute atomic E-state index is 14.2. The van der Waals surface area contributed by atoms with Crippen LogP contribution in [0.5, 0.6) is 0 Å². The molecule has 0 aliphatic rings. The monoisotopic (exact) mass is 361 g/mol. The summed E-state index contributed by atoms with van der Waals surface area (Å²) in [6.07, 6.45) is 2.10. The highest BCUT2D eigenvalue weighted by molar-refractivity contribution is 5.79. The molecule has 5 nitrogen and oxygen atoms in total. The molecule has 0 aliphatic carbocycles. The second-order valence-corrected chi connectivity index (χ2v) is 6.09. The predicted molar refractivity (Wildman–Crippen MR) is 95.3 cm³/mol. The highest BCUT2D eigenvalue weighted by Gasteiger charge is 2.16. The molecule has 0 fully saturated rings. The largest absolute Gasteiger partial charge is 0.237 e. The van der Waals surface area contributed by atoms with Crippen LogP contribution < -0.4 is 0 Å². The average Bonchev–Trinajstić information content (AvgIpc) is 3.06. The predicted octanol–water partition coefficient (Wildman–Crippen LogP) is 3.86. The standard InChI is InChI=1S/C20H13F2N5/c1-12-25-18(8-13-2-4-14(10-23)5-3-13)16-11-24-27(20(16)26-12)19-7-6-15(21)9-17(19)22/h2-7,9,11H,8H2,1H3. The molecule has 0 spiro atoms. The van der Waals surface area contributed by atoms with Crippen molar-refractivity contribution in [1.82, 2.24) is 19.7 Å². The first-order valence-corrected chi connectivity index (χ1v) is 8.21. The van der Waals surface area contributed by atoms with Crippen LogP contribution in [-0.2, 0) is 6.42 Å². The van der Waals surface area contributed by atoms with Gasteiger partial charge in [-0.2, -0.15) is 10.4 Å². The van der Waals surface area contributed by atoms with Gasteiger partial charge in [0.05, 0.1) is 28.9 Å². The van der Waals surface area contributed by atoms with E-state index in [-0.39, 0.29) is 5.69 Å². The second kappa shape index (κ2) is 6.57. The number of hydrogen-bond acceptors (Lipinski definition) is 4. The van der Waals surface area contributed by atoms with Gasteiger partial charge in [-0.3, -0.25) is 0 Å². The molecule has 27 heavy (non-hydrogen) atoms. The van der Waals surface area contributed by atoms with Crippen molar-refractivity contribution in [2.75, 3.05) is 0 Å². The fourth-order valence-corrected chi connectivity index (χ4v) is 2.94. The Morgan fingerprint density at radius 1 is 1.07 bits per heavy atom. The Hall–Kier alpha value is -3.66. The molecule has 132 valence electrons. The number of fused-ring (bicyclic) bond motifs is 1. The van der Waals surface area contributed by atoms with E-state index < -0.39 is 11.6 Å². The number of aromatic nitrogens is 4. The zero-order chi connectivity index (χ0) is 19.0. The minimum absolute atomic E-state index is 0.119. The summed E-state index contributed by atoms with van der Waals surface area (Å²) in [5, 5.41) is 13.8. The molecule has 4 aromatic rings. The number of nitrogens with zero attached hydrogens (tertiary/aromatic N) is 5. The van der Waals surface area contributed by atoms with Gasteiger partial charge in [0.1, 0.15) is 17.3 Å². The van der Waals surface area contributed by atoms with Crippen LogP contribution in [0.15, 0.2) is 48.7 Å². The fourth-order valence-electron chi connectivity index (χ4n) is 2.94. The van der Waals surface area contributed by atoms with Crippen LogP contribution in [0.25, 0.3) is 16.7 Å². The summed E-state index contributed by atoms with van der Waals surface area (Å²) in [5.74, 6) is -0.847. The lowest BCUT2D eigenvalue weighted by Gasteiger charge is -2.07. The quantitative estimate of drug-likeness (QED) is 0.556. The number of nitriles is 1. The normalized spacial score (nSPS) is 10.9. The minimum atomic E-state index is -0.718. The molecule has 0 unspecified atom stereocenters. The van der Waals surface area contributed by atoms with E-state index in [1.807, 2.05) is 12.1 Å². The van der Waals surface area contributed by atoms with Gasteiger partial charge in [-0.15, -0.1) is 0 Å². The third-order valence-electron chi connectivity index (χ3n) is 4.21. The summed E-state index contributed by atoms with van der Waals surface area (Å²) in [6, 6.07) is 12.6. The van der Waals surface area contributed by atoms with Crippen molar-refractivity contribution in [3.63, 3.8) is 0 Å². The van der Waals surface area contributed by atoms with Crippen LogP contribution in [-0.4, -0.2) is 19.7 Å². The van der Waals surface area contributed by atoms with Crippen molar-refractivity contribution in [1.29, 1.82) is 5.26 Å². The van der Waals surface area contributed by atoms with E-state index in [9.17, 15) is 8.78 Å². The van der Waals surface area contributed by atoms with Crippen LogP contribution in [0.3, 0.4) is 0 Å². The third kappa shape index (κ3) is 3.13. The molecule has 0 radical (unpaired) electrons. The molecule has 0 saturated heterocycles. The molecule has 0 N–H and O–H groups in total. The first-order valence-electron chi connectivity index (χ1n) is 8.21. The van der Waals surface area contributed by atoms with Gasteiger partial charge in [0.25, 0.3) is 0 Å². The van der Waals surface area contributed by atoms with Crippen molar-refractivity contribution in [2.24, 2.45) is 0 Å². The molecule has 0 saturated carbocycles. The Balaban J connectivity index is 1.81. The smallest absolute Gasteiger partial charge is 0.166 e.